The first kappa shape index (κ1) is 22.5. The van der Waals surface area contributed by atoms with Crippen LogP contribution in [0.2, 0.25) is 0 Å². The molecular weight excluding hydrogens is 418 g/mol. The van der Waals surface area contributed by atoms with E-state index in [0.717, 1.165) is 64.3 Å². The minimum absolute atomic E-state index is 0.0132. The zero-order chi connectivity index (χ0) is 22.6. The number of hydrogen-bond donors (Lipinski definition) is 6. The van der Waals surface area contributed by atoms with Crippen molar-refractivity contribution < 1.29 is 4.79 Å². The number of amides is 1. The molecule has 0 saturated carbocycles. The Morgan fingerprint density at radius 1 is 1.06 bits per heavy atom. The van der Waals surface area contributed by atoms with Crippen molar-refractivity contribution >= 4 is 11.6 Å². The summed E-state index contributed by atoms with van der Waals surface area (Å²) >= 11 is 0. The summed E-state index contributed by atoms with van der Waals surface area (Å²) in [5.74, 6) is -0.103. The van der Waals surface area contributed by atoms with Crippen LogP contribution in [0.25, 0.3) is 0 Å². The third-order valence-electron chi connectivity index (χ3n) is 7.31. The molecule has 4 saturated heterocycles. The molecule has 0 bridgehead atoms. The summed E-state index contributed by atoms with van der Waals surface area (Å²) in [7, 11) is 0. The summed E-state index contributed by atoms with van der Waals surface area (Å²) in [6.45, 7) is 7.64. The molecule has 1 aromatic rings. The Hall–Kier alpha value is -2.26. The lowest BCUT2D eigenvalue weighted by atomic mass is 9.90. The SMILES string of the molecule is N#CC1CCN(C2NC3CNNC(=O)C3C(Nc3ccc(CN4CCNCC4)cc3)N2)CC1. The number of hydrogen-bond acceptors (Lipinski definition) is 9. The van der Waals surface area contributed by atoms with Crippen LogP contribution in [0.4, 0.5) is 5.69 Å². The average molecular weight is 454 g/mol. The zero-order valence-corrected chi connectivity index (χ0v) is 19.0. The van der Waals surface area contributed by atoms with Gasteiger partial charge in [-0.3, -0.25) is 30.7 Å². The van der Waals surface area contributed by atoms with Crippen molar-refractivity contribution in [1.82, 2.24) is 36.6 Å². The predicted octanol–water partition coefficient (Wildman–Crippen LogP) is -0.839. The topological polar surface area (TPSA) is 120 Å². The second-order valence-electron chi connectivity index (χ2n) is 9.52. The fourth-order valence-corrected chi connectivity index (χ4v) is 5.35. The van der Waals surface area contributed by atoms with Gasteiger partial charge in [0.1, 0.15) is 6.29 Å². The summed E-state index contributed by atoms with van der Waals surface area (Å²) in [5, 5.41) is 23.5. The largest absolute Gasteiger partial charge is 0.369 e. The van der Waals surface area contributed by atoms with Gasteiger partial charge in [0.25, 0.3) is 0 Å². The van der Waals surface area contributed by atoms with Crippen molar-refractivity contribution in [2.45, 2.75) is 37.9 Å². The number of piperazine rings is 1. The summed E-state index contributed by atoms with van der Waals surface area (Å²) in [5.41, 5.74) is 8.11. The highest BCUT2D eigenvalue weighted by molar-refractivity contribution is 5.81. The maximum atomic E-state index is 12.7. The summed E-state index contributed by atoms with van der Waals surface area (Å²) in [6.07, 6.45) is 1.53. The van der Waals surface area contributed by atoms with Gasteiger partial charge in [-0.1, -0.05) is 12.1 Å². The van der Waals surface area contributed by atoms with E-state index in [1.807, 2.05) is 0 Å². The maximum absolute atomic E-state index is 12.7. The van der Waals surface area contributed by atoms with Crippen LogP contribution in [-0.4, -0.2) is 80.0 Å². The van der Waals surface area contributed by atoms with Crippen LogP contribution >= 0.6 is 0 Å². The van der Waals surface area contributed by atoms with Crippen molar-refractivity contribution in [2.24, 2.45) is 11.8 Å². The number of nitriles is 1. The highest BCUT2D eigenvalue weighted by Gasteiger charge is 2.45. The maximum Gasteiger partial charge on any atom is 0.242 e. The molecule has 0 spiro atoms. The minimum atomic E-state index is -0.236. The van der Waals surface area contributed by atoms with Gasteiger partial charge in [-0.25, -0.2) is 5.43 Å². The number of rotatable bonds is 5. The number of piperidine rings is 1. The van der Waals surface area contributed by atoms with Crippen LogP contribution in [0.1, 0.15) is 18.4 Å². The van der Waals surface area contributed by atoms with Gasteiger partial charge in [-0.05, 0) is 30.5 Å². The molecule has 4 atom stereocenters. The molecule has 4 heterocycles. The lowest BCUT2D eigenvalue weighted by Crippen LogP contribution is -2.77. The molecule has 4 aliphatic rings. The number of fused-ring (bicyclic) bond motifs is 1. The second-order valence-corrected chi connectivity index (χ2v) is 9.52. The van der Waals surface area contributed by atoms with Crippen LogP contribution in [0.3, 0.4) is 0 Å². The fourth-order valence-electron chi connectivity index (χ4n) is 5.35. The first-order chi connectivity index (χ1) is 16.2. The Morgan fingerprint density at radius 2 is 1.82 bits per heavy atom. The van der Waals surface area contributed by atoms with E-state index in [9.17, 15) is 10.1 Å². The molecule has 6 N–H and O–H groups in total. The number of hydrazine groups is 1. The van der Waals surface area contributed by atoms with E-state index in [0.29, 0.717) is 6.54 Å². The molecule has 4 unspecified atom stereocenters. The van der Waals surface area contributed by atoms with Crippen LogP contribution < -0.4 is 32.1 Å². The molecule has 1 aromatic carbocycles. The monoisotopic (exact) mass is 453 g/mol. The van der Waals surface area contributed by atoms with Gasteiger partial charge in [-0.2, -0.15) is 5.26 Å². The molecule has 5 rings (SSSR count). The third kappa shape index (κ3) is 5.30. The molecule has 178 valence electrons. The van der Waals surface area contributed by atoms with E-state index in [1.54, 1.807) is 0 Å². The smallest absolute Gasteiger partial charge is 0.242 e. The first-order valence-corrected chi connectivity index (χ1v) is 12.2. The Morgan fingerprint density at radius 3 is 2.55 bits per heavy atom. The lowest BCUT2D eigenvalue weighted by molar-refractivity contribution is -0.132. The zero-order valence-electron chi connectivity index (χ0n) is 19.0. The molecule has 10 heteroatoms. The van der Waals surface area contributed by atoms with Crippen LogP contribution in [0.5, 0.6) is 0 Å². The number of carbonyl (C=O) groups excluding carboxylic acids is 1. The van der Waals surface area contributed by atoms with Gasteiger partial charge in [0.05, 0.1) is 18.2 Å². The van der Waals surface area contributed by atoms with Crippen molar-refractivity contribution in [1.29, 1.82) is 5.26 Å². The number of nitrogens with zero attached hydrogens (tertiary/aromatic N) is 3. The third-order valence-corrected chi connectivity index (χ3v) is 7.31. The summed E-state index contributed by atoms with van der Waals surface area (Å²) in [6, 6.07) is 11.0. The van der Waals surface area contributed by atoms with Gasteiger partial charge in [0.2, 0.25) is 5.91 Å². The van der Waals surface area contributed by atoms with Gasteiger partial charge < -0.3 is 10.6 Å². The van der Waals surface area contributed by atoms with E-state index in [2.05, 4.69) is 72.3 Å². The van der Waals surface area contributed by atoms with Crippen molar-refractivity contribution in [3.8, 4) is 6.07 Å². The van der Waals surface area contributed by atoms with Crippen molar-refractivity contribution in [3.05, 3.63) is 29.8 Å². The highest BCUT2D eigenvalue weighted by atomic mass is 16.2. The Balaban J connectivity index is 1.25. The van der Waals surface area contributed by atoms with Gasteiger partial charge >= 0.3 is 0 Å². The van der Waals surface area contributed by atoms with E-state index in [1.165, 1.54) is 5.56 Å². The number of anilines is 1. The minimum Gasteiger partial charge on any atom is -0.369 e. The Bertz CT molecular complexity index is 842. The van der Waals surface area contributed by atoms with Crippen LogP contribution in [-0.2, 0) is 11.3 Å². The molecule has 0 aromatic heterocycles. The van der Waals surface area contributed by atoms with Crippen molar-refractivity contribution in [3.63, 3.8) is 0 Å². The predicted molar refractivity (Wildman–Crippen MR) is 125 cm³/mol. The van der Waals surface area contributed by atoms with Crippen molar-refractivity contribution in [2.75, 3.05) is 51.1 Å². The van der Waals surface area contributed by atoms with E-state index < -0.39 is 0 Å². The average Bonchev–Trinajstić information content (AvgIpc) is 2.86. The second kappa shape index (κ2) is 10.3. The van der Waals surface area contributed by atoms with Gasteiger partial charge in [0, 0.05) is 70.0 Å². The highest BCUT2D eigenvalue weighted by Crippen LogP contribution is 2.24. The fraction of sp³-hybridized carbons (Fsp3) is 0.652. The molecule has 0 aliphatic carbocycles. The lowest BCUT2D eigenvalue weighted by Gasteiger charge is -2.49. The molecule has 4 aliphatic heterocycles. The Labute approximate surface area is 195 Å². The number of carbonyl (C=O) groups is 1. The Kier molecular flexibility index (Phi) is 7.06. The molecule has 1 amide bonds. The molecule has 0 radical (unpaired) electrons. The summed E-state index contributed by atoms with van der Waals surface area (Å²) < 4.78 is 0. The molecule has 4 fully saturated rings. The molecule has 33 heavy (non-hydrogen) atoms. The number of likely N-dealkylation sites (tertiary alicyclic amines) is 1. The van der Waals surface area contributed by atoms with E-state index in [-0.39, 0.29) is 36.2 Å². The quantitative estimate of drug-likeness (QED) is 0.339. The number of benzene rings is 1. The molecule has 10 nitrogen and oxygen atoms in total. The normalized spacial score (nSPS) is 31.9. The standard InChI is InChI=1S/C23H35N9O/c24-13-16-5-9-32(10-6-16)23-28-19-14-26-30-22(33)20(19)21(29-23)27-18-3-1-17(2-4-18)15-31-11-7-25-8-12-31/h1-4,16,19-21,23,25-29H,5-12,14-15H2,(H,30,33). The number of nitrogens with one attached hydrogen (secondary N) is 6. The molecular formula is C23H35N9O. The summed E-state index contributed by atoms with van der Waals surface area (Å²) in [4.78, 5) is 17.5. The van der Waals surface area contributed by atoms with E-state index in [4.69, 9.17) is 0 Å². The van der Waals surface area contributed by atoms with Gasteiger partial charge in [0.15, 0.2) is 0 Å². The van der Waals surface area contributed by atoms with Crippen LogP contribution in [0.15, 0.2) is 24.3 Å². The first-order valence-electron chi connectivity index (χ1n) is 12.2. The van der Waals surface area contributed by atoms with Crippen LogP contribution in [0, 0.1) is 23.2 Å². The van der Waals surface area contributed by atoms with Gasteiger partial charge in [-0.15, -0.1) is 0 Å². The van der Waals surface area contributed by atoms with E-state index >= 15 is 0 Å².